The molecule has 2 aromatic carbocycles. The highest BCUT2D eigenvalue weighted by Gasteiger charge is 2.33. The number of ether oxygens (including phenoxy) is 2. The molecule has 0 aliphatic carbocycles. The van der Waals surface area contributed by atoms with Crippen molar-refractivity contribution in [3.8, 4) is 11.5 Å². The molecule has 0 saturated carbocycles. The van der Waals surface area contributed by atoms with Crippen LogP contribution in [-0.2, 0) is 4.79 Å². The van der Waals surface area contributed by atoms with E-state index >= 15 is 0 Å². The van der Waals surface area contributed by atoms with Crippen LogP contribution in [0, 0.1) is 6.92 Å². The summed E-state index contributed by atoms with van der Waals surface area (Å²) in [7, 11) is 3.25. The maximum absolute atomic E-state index is 12.2. The average molecular weight is 338 g/mol. The van der Waals surface area contributed by atoms with E-state index in [2.05, 4.69) is 17.2 Å². The van der Waals surface area contributed by atoms with Crippen LogP contribution in [0.2, 0.25) is 0 Å². The summed E-state index contributed by atoms with van der Waals surface area (Å²) in [5.41, 5.74) is 4.01. The van der Waals surface area contributed by atoms with Crippen molar-refractivity contribution in [1.29, 1.82) is 0 Å². The van der Waals surface area contributed by atoms with Gasteiger partial charge >= 0.3 is 0 Å². The first-order chi connectivity index (χ1) is 12.0. The molecule has 0 saturated heterocycles. The molecule has 0 aromatic heterocycles. The van der Waals surface area contributed by atoms with Gasteiger partial charge in [0.05, 0.1) is 26.0 Å². The molecule has 5 heteroatoms. The van der Waals surface area contributed by atoms with Gasteiger partial charge in [-0.15, -0.1) is 0 Å². The van der Waals surface area contributed by atoms with Crippen molar-refractivity contribution in [3.63, 3.8) is 0 Å². The number of methoxy groups -OCH3 is 2. The summed E-state index contributed by atoms with van der Waals surface area (Å²) in [4.78, 5) is 12.2. The molecule has 0 fully saturated rings. The van der Waals surface area contributed by atoms with Gasteiger partial charge in [0.25, 0.3) is 0 Å². The van der Waals surface area contributed by atoms with Crippen LogP contribution in [0.3, 0.4) is 0 Å². The Kier molecular flexibility index (Phi) is 4.74. The first kappa shape index (κ1) is 17.0. The van der Waals surface area contributed by atoms with Crippen molar-refractivity contribution >= 4 is 11.6 Å². The highest BCUT2D eigenvalue weighted by molar-refractivity contribution is 6.03. The summed E-state index contributed by atoms with van der Waals surface area (Å²) < 4.78 is 10.8. The van der Waals surface area contributed by atoms with Crippen molar-refractivity contribution < 1.29 is 14.3 Å². The number of aryl methyl sites for hydroxylation is 1. The molecular weight excluding hydrogens is 316 g/mol. The van der Waals surface area contributed by atoms with Gasteiger partial charge in [-0.3, -0.25) is 4.79 Å². The molecule has 3 rings (SSSR count). The van der Waals surface area contributed by atoms with Crippen molar-refractivity contribution in [2.75, 3.05) is 14.2 Å². The molecule has 1 aliphatic rings. The van der Waals surface area contributed by atoms with Gasteiger partial charge in [-0.1, -0.05) is 29.8 Å². The van der Waals surface area contributed by atoms with Gasteiger partial charge in [-0.2, -0.15) is 5.10 Å². The van der Waals surface area contributed by atoms with E-state index in [1.165, 1.54) is 17.5 Å². The molecule has 0 spiro atoms. The van der Waals surface area contributed by atoms with E-state index in [1.54, 1.807) is 14.2 Å². The van der Waals surface area contributed by atoms with Gasteiger partial charge in [-0.25, -0.2) is 5.01 Å². The monoisotopic (exact) mass is 338 g/mol. The zero-order chi connectivity index (χ0) is 18.0. The van der Waals surface area contributed by atoms with Crippen LogP contribution in [0.1, 0.15) is 36.1 Å². The Morgan fingerprint density at radius 3 is 2.44 bits per heavy atom. The first-order valence-electron chi connectivity index (χ1n) is 8.19. The van der Waals surface area contributed by atoms with Crippen LogP contribution >= 0.6 is 0 Å². The van der Waals surface area contributed by atoms with E-state index in [-0.39, 0.29) is 11.9 Å². The molecule has 130 valence electrons. The normalized spacial score (nSPS) is 16.6. The van der Waals surface area contributed by atoms with Gasteiger partial charge < -0.3 is 9.47 Å². The lowest BCUT2D eigenvalue weighted by molar-refractivity contribution is -0.130. The molecule has 0 unspecified atom stereocenters. The number of rotatable bonds is 4. The zero-order valence-electron chi connectivity index (χ0n) is 14.9. The fourth-order valence-corrected chi connectivity index (χ4v) is 3.06. The van der Waals surface area contributed by atoms with Crippen LogP contribution in [0.15, 0.2) is 47.6 Å². The van der Waals surface area contributed by atoms with E-state index < -0.39 is 0 Å². The van der Waals surface area contributed by atoms with E-state index in [0.717, 1.165) is 28.3 Å². The molecule has 0 bridgehead atoms. The summed E-state index contributed by atoms with van der Waals surface area (Å²) in [6, 6.07) is 13.6. The fraction of sp³-hybridized carbons (Fsp3) is 0.300. The molecule has 1 amide bonds. The number of hydrogen-bond donors (Lipinski definition) is 0. The third-order valence-electron chi connectivity index (χ3n) is 4.41. The zero-order valence-corrected chi connectivity index (χ0v) is 14.9. The predicted octanol–water partition coefficient (Wildman–Crippen LogP) is 3.71. The molecule has 25 heavy (non-hydrogen) atoms. The number of carbonyl (C=O) groups excluding carboxylic acids is 1. The van der Waals surface area contributed by atoms with Gasteiger partial charge in [0.2, 0.25) is 5.91 Å². The van der Waals surface area contributed by atoms with E-state index in [0.29, 0.717) is 6.42 Å². The van der Waals surface area contributed by atoms with Crippen molar-refractivity contribution in [3.05, 3.63) is 59.2 Å². The lowest BCUT2D eigenvalue weighted by atomic mass is 9.97. The van der Waals surface area contributed by atoms with Crippen molar-refractivity contribution in [2.45, 2.75) is 26.3 Å². The summed E-state index contributed by atoms with van der Waals surface area (Å²) in [6.45, 7) is 3.58. The highest BCUT2D eigenvalue weighted by atomic mass is 16.5. The van der Waals surface area contributed by atoms with Crippen LogP contribution in [0.25, 0.3) is 0 Å². The minimum absolute atomic E-state index is 0.100. The molecule has 0 N–H and O–H groups in total. The molecule has 1 heterocycles. The lowest BCUT2D eigenvalue weighted by Crippen LogP contribution is -2.24. The van der Waals surface area contributed by atoms with E-state index in [9.17, 15) is 4.79 Å². The second-order valence-electron chi connectivity index (χ2n) is 6.10. The fourth-order valence-electron chi connectivity index (χ4n) is 3.06. The Hall–Kier alpha value is -2.82. The maximum atomic E-state index is 12.2. The first-order valence-corrected chi connectivity index (χ1v) is 8.19. The summed E-state index contributed by atoms with van der Waals surface area (Å²) in [5.74, 6) is 1.34. The van der Waals surface area contributed by atoms with Crippen LogP contribution < -0.4 is 9.47 Å². The Bertz CT molecular complexity index is 812. The topological polar surface area (TPSA) is 51.1 Å². The SMILES string of the molecule is COc1ccc(OC)c([C@@H]2CC(c3ccc(C)cc3)=NN2C(C)=O)c1. The van der Waals surface area contributed by atoms with Gasteiger partial charge in [0.15, 0.2) is 0 Å². The molecule has 1 aliphatic heterocycles. The minimum Gasteiger partial charge on any atom is -0.497 e. The quantitative estimate of drug-likeness (QED) is 0.854. The predicted molar refractivity (Wildman–Crippen MR) is 97.1 cm³/mol. The second-order valence-corrected chi connectivity index (χ2v) is 6.10. The van der Waals surface area contributed by atoms with Gasteiger partial charge in [0, 0.05) is 18.9 Å². The van der Waals surface area contributed by atoms with Crippen molar-refractivity contribution in [1.82, 2.24) is 5.01 Å². The highest BCUT2D eigenvalue weighted by Crippen LogP contribution is 2.39. The van der Waals surface area contributed by atoms with E-state index in [4.69, 9.17) is 9.47 Å². The Labute approximate surface area is 147 Å². The standard InChI is InChI=1S/C20H22N2O3/c1-13-5-7-15(8-6-13)18-12-19(22(21-18)14(2)23)17-11-16(24-3)9-10-20(17)25-4/h5-11,19H,12H2,1-4H3/t19-/m0/s1. The summed E-state index contributed by atoms with van der Waals surface area (Å²) in [6.07, 6.45) is 0.631. The smallest absolute Gasteiger partial charge is 0.240 e. The number of amides is 1. The number of benzene rings is 2. The summed E-state index contributed by atoms with van der Waals surface area (Å²) in [5, 5.41) is 6.11. The van der Waals surface area contributed by atoms with Crippen LogP contribution in [0.5, 0.6) is 11.5 Å². The number of carbonyl (C=O) groups is 1. The average Bonchev–Trinajstić information content (AvgIpc) is 3.07. The molecule has 5 nitrogen and oxygen atoms in total. The molecule has 1 atom stereocenters. The second kappa shape index (κ2) is 6.97. The number of hydrazone groups is 1. The van der Waals surface area contributed by atoms with Gasteiger partial charge in [0.1, 0.15) is 11.5 Å². The largest absolute Gasteiger partial charge is 0.497 e. The third-order valence-corrected chi connectivity index (χ3v) is 4.41. The Morgan fingerprint density at radius 2 is 1.84 bits per heavy atom. The lowest BCUT2D eigenvalue weighted by Gasteiger charge is -2.22. The minimum atomic E-state index is -0.209. The molecule has 2 aromatic rings. The van der Waals surface area contributed by atoms with Gasteiger partial charge in [-0.05, 0) is 30.7 Å². The number of hydrogen-bond acceptors (Lipinski definition) is 4. The summed E-state index contributed by atoms with van der Waals surface area (Å²) >= 11 is 0. The molecular formula is C20H22N2O3. The molecule has 0 radical (unpaired) electrons. The third kappa shape index (κ3) is 3.36. The maximum Gasteiger partial charge on any atom is 0.240 e. The number of nitrogens with zero attached hydrogens (tertiary/aromatic N) is 2. The Balaban J connectivity index is 2.00. The van der Waals surface area contributed by atoms with E-state index in [1.807, 2.05) is 37.3 Å². The van der Waals surface area contributed by atoms with Crippen LogP contribution in [-0.4, -0.2) is 30.8 Å². The Morgan fingerprint density at radius 1 is 1.12 bits per heavy atom. The van der Waals surface area contributed by atoms with Crippen LogP contribution in [0.4, 0.5) is 0 Å². The van der Waals surface area contributed by atoms with Crippen molar-refractivity contribution in [2.24, 2.45) is 5.10 Å².